The van der Waals surface area contributed by atoms with Gasteiger partial charge in [0.15, 0.2) is 0 Å². The molecule has 1 aromatic carbocycles. The van der Waals surface area contributed by atoms with Crippen molar-refractivity contribution in [2.75, 3.05) is 5.32 Å². The van der Waals surface area contributed by atoms with Crippen LogP contribution in [0.1, 0.15) is 24.8 Å². The summed E-state index contributed by atoms with van der Waals surface area (Å²) < 4.78 is 0. The molecule has 0 saturated heterocycles. The third-order valence-electron chi connectivity index (χ3n) is 3.33. The first kappa shape index (κ1) is 11.9. The maximum Gasteiger partial charge on any atom is 0.274 e. The maximum atomic E-state index is 10.8. The molecule has 5 nitrogen and oxygen atoms in total. The van der Waals surface area contributed by atoms with Gasteiger partial charge < -0.3 is 11.1 Å². The fourth-order valence-electron chi connectivity index (χ4n) is 2.35. The summed E-state index contributed by atoms with van der Waals surface area (Å²) in [5, 5.41) is 14.2. The zero-order chi connectivity index (χ0) is 12.4. The molecule has 0 heterocycles. The fraction of sp³-hybridized carbons (Fsp3) is 0.500. The number of nitro benzene ring substituents is 1. The van der Waals surface area contributed by atoms with Crippen molar-refractivity contribution in [1.82, 2.24) is 0 Å². The number of hydrogen-bond donors (Lipinski definition) is 2. The van der Waals surface area contributed by atoms with Crippen LogP contribution in [0.4, 0.5) is 11.4 Å². The van der Waals surface area contributed by atoms with Crippen molar-refractivity contribution in [3.8, 4) is 0 Å². The van der Waals surface area contributed by atoms with Gasteiger partial charge >= 0.3 is 0 Å². The Kier molecular flexibility index (Phi) is 3.28. The number of hydrogen-bond acceptors (Lipinski definition) is 4. The minimum atomic E-state index is -0.346. The molecule has 1 aromatic rings. The van der Waals surface area contributed by atoms with Crippen LogP contribution < -0.4 is 11.1 Å². The van der Waals surface area contributed by atoms with Crippen LogP contribution >= 0.6 is 0 Å². The average molecular weight is 235 g/mol. The number of rotatable bonds is 3. The van der Waals surface area contributed by atoms with Gasteiger partial charge in [0.1, 0.15) is 0 Å². The van der Waals surface area contributed by atoms with Gasteiger partial charge in [-0.25, -0.2) is 0 Å². The van der Waals surface area contributed by atoms with Gasteiger partial charge in [-0.1, -0.05) is 6.07 Å². The Morgan fingerprint density at radius 1 is 1.47 bits per heavy atom. The van der Waals surface area contributed by atoms with E-state index in [9.17, 15) is 10.1 Å². The average Bonchev–Trinajstić information content (AvgIpc) is 2.67. The summed E-state index contributed by atoms with van der Waals surface area (Å²) in [7, 11) is 0. The Hall–Kier alpha value is -1.62. The molecule has 2 rings (SSSR count). The molecule has 0 radical (unpaired) electrons. The van der Waals surface area contributed by atoms with Crippen LogP contribution in [0.2, 0.25) is 0 Å². The Balaban J connectivity index is 2.16. The van der Waals surface area contributed by atoms with E-state index in [0.717, 1.165) is 24.9 Å². The molecule has 1 fully saturated rings. The second-order valence-corrected chi connectivity index (χ2v) is 4.62. The van der Waals surface area contributed by atoms with Crippen LogP contribution in [-0.4, -0.2) is 17.0 Å². The first-order chi connectivity index (χ1) is 8.08. The van der Waals surface area contributed by atoms with Gasteiger partial charge in [-0.05, 0) is 32.3 Å². The second kappa shape index (κ2) is 4.71. The molecule has 1 saturated carbocycles. The van der Waals surface area contributed by atoms with Crippen LogP contribution in [0.5, 0.6) is 0 Å². The van der Waals surface area contributed by atoms with Gasteiger partial charge in [-0.3, -0.25) is 10.1 Å². The molecule has 92 valence electrons. The molecule has 0 aromatic heterocycles. The summed E-state index contributed by atoms with van der Waals surface area (Å²) in [5.41, 5.74) is 7.55. The van der Waals surface area contributed by atoms with Crippen LogP contribution in [0.15, 0.2) is 18.2 Å². The van der Waals surface area contributed by atoms with Gasteiger partial charge in [0.25, 0.3) is 5.69 Å². The highest BCUT2D eigenvalue weighted by Crippen LogP contribution is 2.28. The molecular weight excluding hydrogens is 218 g/mol. The smallest absolute Gasteiger partial charge is 0.274 e. The van der Waals surface area contributed by atoms with E-state index in [-0.39, 0.29) is 16.7 Å². The quantitative estimate of drug-likeness (QED) is 0.621. The zero-order valence-corrected chi connectivity index (χ0v) is 9.85. The summed E-state index contributed by atoms with van der Waals surface area (Å²) in [4.78, 5) is 10.5. The van der Waals surface area contributed by atoms with E-state index in [1.165, 1.54) is 6.07 Å². The Bertz CT molecular complexity index is 434. The van der Waals surface area contributed by atoms with Crippen molar-refractivity contribution in [2.24, 2.45) is 5.73 Å². The lowest BCUT2D eigenvalue weighted by Crippen LogP contribution is -2.21. The first-order valence-electron chi connectivity index (χ1n) is 5.84. The van der Waals surface area contributed by atoms with Gasteiger partial charge in [-0.15, -0.1) is 0 Å². The Morgan fingerprint density at radius 3 is 2.82 bits per heavy atom. The van der Waals surface area contributed by atoms with Crippen molar-refractivity contribution >= 4 is 11.4 Å². The highest BCUT2D eigenvalue weighted by molar-refractivity contribution is 5.60. The molecule has 3 N–H and O–H groups in total. The molecular formula is C12H17N3O2. The summed E-state index contributed by atoms with van der Waals surface area (Å²) in [6.07, 6.45) is 2.98. The molecule has 0 amide bonds. The number of nitrogens with one attached hydrogen (secondary N) is 1. The number of nitrogens with zero attached hydrogens (tertiary/aromatic N) is 1. The normalized spacial score (nSPS) is 23.6. The molecule has 17 heavy (non-hydrogen) atoms. The van der Waals surface area contributed by atoms with Crippen molar-refractivity contribution < 1.29 is 4.92 Å². The molecule has 5 heteroatoms. The lowest BCUT2D eigenvalue weighted by molar-refractivity contribution is -0.385. The summed E-state index contributed by atoms with van der Waals surface area (Å²) in [5.74, 6) is 0. The topological polar surface area (TPSA) is 81.2 Å². The predicted molar refractivity (Wildman–Crippen MR) is 67.1 cm³/mol. The van der Waals surface area contributed by atoms with E-state index in [1.54, 1.807) is 13.0 Å². The lowest BCUT2D eigenvalue weighted by atomic mass is 10.1. The highest BCUT2D eigenvalue weighted by Gasteiger charge is 2.23. The summed E-state index contributed by atoms with van der Waals surface area (Å²) in [6, 6.07) is 5.72. The van der Waals surface area contributed by atoms with E-state index in [1.807, 2.05) is 6.07 Å². The van der Waals surface area contributed by atoms with Crippen molar-refractivity contribution in [1.29, 1.82) is 0 Å². The monoisotopic (exact) mass is 235 g/mol. The zero-order valence-electron chi connectivity index (χ0n) is 9.85. The van der Waals surface area contributed by atoms with E-state index >= 15 is 0 Å². The molecule has 2 atom stereocenters. The van der Waals surface area contributed by atoms with Gasteiger partial charge in [-0.2, -0.15) is 0 Å². The number of nitrogens with two attached hydrogens (primary N) is 1. The van der Waals surface area contributed by atoms with E-state index in [0.29, 0.717) is 11.6 Å². The highest BCUT2D eigenvalue weighted by atomic mass is 16.6. The van der Waals surface area contributed by atoms with E-state index < -0.39 is 0 Å². The van der Waals surface area contributed by atoms with Gasteiger partial charge in [0.2, 0.25) is 0 Å². The van der Waals surface area contributed by atoms with Crippen LogP contribution in [0.25, 0.3) is 0 Å². The molecule has 0 bridgehead atoms. The van der Waals surface area contributed by atoms with E-state index in [4.69, 9.17) is 5.73 Å². The molecule has 1 aliphatic rings. The SMILES string of the molecule is Cc1c(NC2CCC(N)C2)cccc1[N+](=O)[O-]. The minimum absolute atomic E-state index is 0.164. The number of benzene rings is 1. The van der Waals surface area contributed by atoms with Crippen LogP contribution in [0.3, 0.4) is 0 Å². The number of nitro groups is 1. The summed E-state index contributed by atoms with van der Waals surface area (Å²) >= 11 is 0. The molecule has 2 unspecified atom stereocenters. The van der Waals surface area contributed by atoms with Crippen LogP contribution in [0, 0.1) is 17.0 Å². The van der Waals surface area contributed by atoms with Gasteiger partial charge in [0, 0.05) is 29.4 Å². The fourth-order valence-corrected chi connectivity index (χ4v) is 2.35. The van der Waals surface area contributed by atoms with Crippen molar-refractivity contribution in [3.63, 3.8) is 0 Å². The van der Waals surface area contributed by atoms with Crippen LogP contribution in [-0.2, 0) is 0 Å². The Labute approximate surface area is 100 Å². The minimum Gasteiger partial charge on any atom is -0.382 e. The Morgan fingerprint density at radius 2 is 2.24 bits per heavy atom. The van der Waals surface area contributed by atoms with Gasteiger partial charge in [0.05, 0.1) is 4.92 Å². The third-order valence-corrected chi connectivity index (χ3v) is 3.33. The van der Waals surface area contributed by atoms with Crippen molar-refractivity contribution in [3.05, 3.63) is 33.9 Å². The molecule has 0 spiro atoms. The van der Waals surface area contributed by atoms with Crippen molar-refractivity contribution in [2.45, 2.75) is 38.3 Å². The third kappa shape index (κ3) is 2.55. The largest absolute Gasteiger partial charge is 0.382 e. The summed E-state index contributed by atoms with van der Waals surface area (Å²) in [6.45, 7) is 1.77. The molecule has 0 aliphatic heterocycles. The van der Waals surface area contributed by atoms with E-state index in [2.05, 4.69) is 5.32 Å². The maximum absolute atomic E-state index is 10.8. The first-order valence-corrected chi connectivity index (χ1v) is 5.84. The second-order valence-electron chi connectivity index (χ2n) is 4.62. The number of anilines is 1. The predicted octanol–water partition coefficient (Wildman–Crippen LogP) is 2.19. The molecule has 1 aliphatic carbocycles. The lowest BCUT2D eigenvalue weighted by Gasteiger charge is -2.15. The standard InChI is InChI=1S/C12H17N3O2/c1-8-11(3-2-4-12(8)15(16)17)14-10-6-5-9(13)7-10/h2-4,9-10,14H,5-7,13H2,1H3.